The lowest BCUT2D eigenvalue weighted by atomic mass is 10.1. The van der Waals surface area contributed by atoms with Gasteiger partial charge in [-0.1, -0.05) is 84.9 Å². The number of benzene rings is 2. The summed E-state index contributed by atoms with van der Waals surface area (Å²) in [5, 5.41) is 0. The van der Waals surface area contributed by atoms with Crippen LogP contribution in [0.4, 0.5) is 0 Å². The van der Waals surface area contributed by atoms with E-state index in [0.29, 0.717) is 0 Å². The highest BCUT2D eigenvalue weighted by Gasteiger charge is 2.05. The van der Waals surface area contributed by atoms with Gasteiger partial charge in [-0.3, -0.25) is 29.9 Å². The molecule has 0 saturated carbocycles. The van der Waals surface area contributed by atoms with Gasteiger partial charge in [0.05, 0.1) is 22.8 Å². The van der Waals surface area contributed by atoms with Gasteiger partial charge in [-0.15, -0.1) is 0 Å². The molecular formula is C46H48N6. The third kappa shape index (κ3) is 12.3. The average molecular weight is 685 g/mol. The molecule has 0 aliphatic carbocycles. The summed E-state index contributed by atoms with van der Waals surface area (Å²) < 4.78 is 0. The number of hydrogen-bond acceptors (Lipinski definition) is 6. The van der Waals surface area contributed by atoms with Gasteiger partial charge in [0.15, 0.2) is 0 Å². The van der Waals surface area contributed by atoms with Crippen molar-refractivity contribution in [2.45, 2.75) is 64.2 Å². The van der Waals surface area contributed by atoms with Crippen LogP contribution in [0, 0.1) is 0 Å². The molecule has 6 heteroatoms. The number of pyridine rings is 4. The highest BCUT2D eigenvalue weighted by molar-refractivity contribution is 5.77. The summed E-state index contributed by atoms with van der Waals surface area (Å²) in [4.78, 5) is 27.8. The van der Waals surface area contributed by atoms with Gasteiger partial charge in [-0.25, -0.2) is 0 Å². The van der Waals surface area contributed by atoms with Crippen molar-refractivity contribution in [3.63, 3.8) is 0 Å². The van der Waals surface area contributed by atoms with Crippen LogP contribution < -0.4 is 0 Å². The average Bonchev–Trinajstić information content (AvgIpc) is 3.21. The van der Waals surface area contributed by atoms with Crippen molar-refractivity contribution in [3.05, 3.63) is 179 Å². The van der Waals surface area contributed by atoms with Crippen molar-refractivity contribution in [1.82, 2.24) is 19.9 Å². The van der Waals surface area contributed by atoms with E-state index in [0.717, 1.165) is 100 Å². The Morgan fingerprint density at radius 2 is 0.731 bits per heavy atom. The van der Waals surface area contributed by atoms with E-state index >= 15 is 0 Å². The minimum Gasteiger partial charge on any atom is -0.291 e. The lowest BCUT2D eigenvalue weighted by molar-refractivity contribution is 0.747. The minimum atomic E-state index is 0.833. The Labute approximate surface area is 308 Å². The summed E-state index contributed by atoms with van der Waals surface area (Å²) >= 11 is 0. The van der Waals surface area contributed by atoms with E-state index in [2.05, 4.69) is 129 Å². The number of hydrogen-bond donors (Lipinski definition) is 0. The standard InChI is InChI=1S/C46H48N6/c1-3-11-37(12-4-1)15-7-9-29-47-35-43-25-21-39(31-49-43)17-19-41-23-27-45(51-33-41)46-28-24-42(34-52-46)20-18-40-22-26-44(50-32-40)36-48-30-10-8-16-38-13-5-2-6-14-38/h1-6,11-14,21-28,31-36H,7-10,15-20,29-30H2. The zero-order valence-electron chi connectivity index (χ0n) is 30.0. The molecule has 6 aromatic rings. The molecule has 0 saturated heterocycles. The molecule has 4 aromatic heterocycles. The molecule has 6 nitrogen and oxygen atoms in total. The van der Waals surface area contributed by atoms with Crippen LogP contribution in [0.15, 0.2) is 144 Å². The van der Waals surface area contributed by atoms with Crippen molar-refractivity contribution in [2.24, 2.45) is 9.98 Å². The molecule has 0 radical (unpaired) electrons. The summed E-state index contributed by atoms with van der Waals surface area (Å²) in [6.07, 6.45) is 21.9. The molecule has 0 aliphatic heterocycles. The molecule has 0 N–H and O–H groups in total. The number of rotatable bonds is 19. The fourth-order valence-electron chi connectivity index (χ4n) is 6.02. The maximum absolute atomic E-state index is 4.71. The fourth-order valence-corrected chi connectivity index (χ4v) is 6.02. The molecule has 4 heterocycles. The van der Waals surface area contributed by atoms with E-state index in [1.165, 1.54) is 33.4 Å². The molecular weight excluding hydrogens is 637 g/mol. The molecule has 0 atom stereocenters. The third-order valence-electron chi connectivity index (χ3n) is 9.15. The summed E-state index contributed by atoms with van der Waals surface area (Å²) in [5.41, 5.74) is 11.2. The molecule has 52 heavy (non-hydrogen) atoms. The van der Waals surface area contributed by atoms with Crippen LogP contribution in [0.2, 0.25) is 0 Å². The molecule has 0 spiro atoms. The van der Waals surface area contributed by atoms with Crippen molar-refractivity contribution < 1.29 is 0 Å². The van der Waals surface area contributed by atoms with Gasteiger partial charge in [-0.05, 0) is 122 Å². The van der Waals surface area contributed by atoms with Gasteiger partial charge in [0, 0.05) is 50.3 Å². The molecule has 0 aliphatic rings. The zero-order valence-corrected chi connectivity index (χ0v) is 30.0. The van der Waals surface area contributed by atoms with Crippen molar-refractivity contribution >= 4 is 12.4 Å². The monoisotopic (exact) mass is 684 g/mol. The van der Waals surface area contributed by atoms with Crippen molar-refractivity contribution in [2.75, 3.05) is 13.1 Å². The van der Waals surface area contributed by atoms with E-state index in [-0.39, 0.29) is 0 Å². The predicted molar refractivity (Wildman–Crippen MR) is 214 cm³/mol. The first-order valence-electron chi connectivity index (χ1n) is 18.6. The number of aliphatic imine (C=N–C) groups is 2. The normalized spacial score (nSPS) is 11.5. The fraction of sp³-hybridized carbons (Fsp3) is 0.261. The Morgan fingerprint density at radius 3 is 1.08 bits per heavy atom. The number of nitrogens with zero attached hydrogens (tertiary/aromatic N) is 6. The van der Waals surface area contributed by atoms with Gasteiger partial charge in [-0.2, -0.15) is 0 Å². The molecule has 262 valence electrons. The molecule has 6 rings (SSSR count). The molecule has 0 unspecified atom stereocenters. The Morgan fingerprint density at radius 1 is 0.346 bits per heavy atom. The Balaban J connectivity index is 0.867. The van der Waals surface area contributed by atoms with E-state index in [1.54, 1.807) is 0 Å². The summed E-state index contributed by atoms with van der Waals surface area (Å²) in [6, 6.07) is 38.1. The van der Waals surface area contributed by atoms with E-state index < -0.39 is 0 Å². The lowest BCUT2D eigenvalue weighted by Crippen LogP contribution is -1.97. The highest BCUT2D eigenvalue weighted by Crippen LogP contribution is 2.17. The Hall–Kier alpha value is -5.62. The SMILES string of the molecule is C(=NCCCCc1ccccc1)c1ccc(CCc2ccc(-c3ccc(CCc4ccc(C=NCCCCc5ccccc5)nc4)cn3)nc2)cn1. The predicted octanol–water partition coefficient (Wildman–Crippen LogP) is 9.39. The second-order valence-corrected chi connectivity index (χ2v) is 13.2. The zero-order chi connectivity index (χ0) is 35.5. The van der Waals surface area contributed by atoms with Gasteiger partial charge >= 0.3 is 0 Å². The molecule has 0 bridgehead atoms. The topological polar surface area (TPSA) is 76.3 Å². The largest absolute Gasteiger partial charge is 0.291 e. The van der Waals surface area contributed by atoms with Crippen LogP contribution in [0.3, 0.4) is 0 Å². The maximum Gasteiger partial charge on any atom is 0.0886 e. The van der Waals surface area contributed by atoms with Crippen LogP contribution >= 0.6 is 0 Å². The Kier molecular flexibility index (Phi) is 14.1. The van der Waals surface area contributed by atoms with Crippen LogP contribution in [-0.4, -0.2) is 45.5 Å². The van der Waals surface area contributed by atoms with Crippen molar-refractivity contribution in [1.29, 1.82) is 0 Å². The summed E-state index contributed by atoms with van der Waals surface area (Å²) in [6.45, 7) is 1.67. The quantitative estimate of drug-likeness (QED) is 0.0629. The van der Waals surface area contributed by atoms with Crippen LogP contribution in [-0.2, 0) is 38.5 Å². The van der Waals surface area contributed by atoms with E-state index in [1.807, 2.05) is 37.2 Å². The van der Waals surface area contributed by atoms with Gasteiger partial charge in [0.25, 0.3) is 0 Å². The summed E-state index contributed by atoms with van der Waals surface area (Å²) in [5.74, 6) is 0. The molecule has 2 aromatic carbocycles. The first-order chi connectivity index (χ1) is 25.8. The Bertz CT molecular complexity index is 1790. The lowest BCUT2D eigenvalue weighted by Gasteiger charge is -2.06. The minimum absolute atomic E-state index is 0.833. The second-order valence-electron chi connectivity index (χ2n) is 13.2. The van der Waals surface area contributed by atoms with E-state index in [9.17, 15) is 0 Å². The second kappa shape index (κ2) is 20.3. The number of aromatic nitrogens is 4. The van der Waals surface area contributed by atoms with Crippen LogP contribution in [0.1, 0.15) is 70.5 Å². The number of aryl methyl sites for hydroxylation is 6. The van der Waals surface area contributed by atoms with Gasteiger partial charge in [0.1, 0.15) is 0 Å². The maximum atomic E-state index is 4.71. The third-order valence-corrected chi connectivity index (χ3v) is 9.15. The van der Waals surface area contributed by atoms with Crippen molar-refractivity contribution in [3.8, 4) is 11.4 Å². The van der Waals surface area contributed by atoms with Crippen LogP contribution in [0.25, 0.3) is 11.4 Å². The molecule has 0 fully saturated rings. The van der Waals surface area contributed by atoms with Gasteiger partial charge in [0.2, 0.25) is 0 Å². The first kappa shape index (κ1) is 36.2. The highest BCUT2D eigenvalue weighted by atomic mass is 14.8. The summed E-state index contributed by atoms with van der Waals surface area (Å²) in [7, 11) is 0. The smallest absolute Gasteiger partial charge is 0.0886 e. The van der Waals surface area contributed by atoms with E-state index in [4.69, 9.17) is 9.97 Å². The number of unbranched alkanes of at least 4 members (excludes halogenated alkanes) is 2. The van der Waals surface area contributed by atoms with Gasteiger partial charge < -0.3 is 0 Å². The first-order valence-corrected chi connectivity index (χ1v) is 18.6. The van der Waals surface area contributed by atoms with Crippen LogP contribution in [0.5, 0.6) is 0 Å². The molecule has 0 amide bonds.